The topological polar surface area (TPSA) is 113 Å². The summed E-state index contributed by atoms with van der Waals surface area (Å²) in [5.74, 6) is -1.20. The first-order valence-electron chi connectivity index (χ1n) is 11.0. The van der Waals surface area contributed by atoms with Gasteiger partial charge in [0.05, 0.1) is 11.1 Å². The molecule has 3 heterocycles. The first-order valence-corrected chi connectivity index (χ1v) is 12.8. The van der Waals surface area contributed by atoms with Crippen LogP contribution in [-0.4, -0.2) is 38.2 Å². The normalized spacial score (nSPS) is 19.5. The number of imide groups is 1. The van der Waals surface area contributed by atoms with Crippen molar-refractivity contribution in [2.24, 2.45) is 7.05 Å². The van der Waals surface area contributed by atoms with E-state index in [1.165, 1.54) is 9.44 Å². The number of urea groups is 1. The molecular formula is C23H23N5O4S2. The van der Waals surface area contributed by atoms with E-state index >= 15 is 0 Å². The van der Waals surface area contributed by atoms with Crippen LogP contribution in [0, 0.1) is 0 Å². The zero-order chi connectivity index (χ0) is 24.0. The number of thiophene rings is 1. The number of aryl methyl sites for hydroxylation is 2. The molecule has 1 aliphatic heterocycles. The lowest BCUT2D eigenvalue weighted by molar-refractivity contribution is -0.138. The van der Waals surface area contributed by atoms with Crippen molar-refractivity contribution >= 4 is 51.2 Å². The van der Waals surface area contributed by atoms with Gasteiger partial charge in [-0.3, -0.25) is 24.4 Å². The second-order valence-electron chi connectivity index (χ2n) is 8.32. The van der Waals surface area contributed by atoms with E-state index in [2.05, 4.69) is 15.7 Å². The van der Waals surface area contributed by atoms with Crippen LogP contribution in [0.15, 0.2) is 40.3 Å². The van der Waals surface area contributed by atoms with Crippen molar-refractivity contribution in [2.75, 3.05) is 5.75 Å². The third kappa shape index (κ3) is 3.50. The van der Waals surface area contributed by atoms with E-state index in [1.54, 1.807) is 49.6 Å². The summed E-state index contributed by atoms with van der Waals surface area (Å²) in [5, 5.41) is 4.56. The van der Waals surface area contributed by atoms with E-state index in [1.807, 2.05) is 6.07 Å². The van der Waals surface area contributed by atoms with Gasteiger partial charge in [-0.05, 0) is 36.8 Å². The molecule has 3 aromatic rings. The quantitative estimate of drug-likeness (QED) is 0.307. The SMILES string of the molecule is CCC1(c2ccccc2)NC(=O)N(NC(=O)CSc2nc3sc4c(c3c(=O)n2C)CCC4)C1=O. The lowest BCUT2D eigenvalue weighted by Gasteiger charge is -2.25. The predicted octanol–water partition coefficient (Wildman–Crippen LogP) is 2.46. The van der Waals surface area contributed by atoms with Crippen molar-refractivity contribution in [3.8, 4) is 0 Å². The van der Waals surface area contributed by atoms with E-state index < -0.39 is 23.4 Å². The number of rotatable bonds is 6. The van der Waals surface area contributed by atoms with Crippen molar-refractivity contribution in [1.82, 2.24) is 25.3 Å². The molecular weight excluding hydrogens is 474 g/mol. The molecule has 1 fully saturated rings. The summed E-state index contributed by atoms with van der Waals surface area (Å²) in [4.78, 5) is 57.8. The fourth-order valence-electron chi connectivity index (χ4n) is 4.56. The standard InChI is InChI=1S/C23H23N5O4S2/c1-3-23(13-8-5-4-6-9-13)20(31)28(21(32)25-23)26-16(29)12-33-22-24-18-17(19(30)27(22)2)14-10-7-11-15(14)34-18/h4-6,8-9H,3,7,10-12H2,1-2H3,(H,25,32)(H,26,29). The van der Waals surface area contributed by atoms with Crippen molar-refractivity contribution in [1.29, 1.82) is 0 Å². The van der Waals surface area contributed by atoms with E-state index in [4.69, 9.17) is 0 Å². The summed E-state index contributed by atoms with van der Waals surface area (Å²) in [6.45, 7) is 1.80. The molecule has 0 radical (unpaired) electrons. The molecule has 34 heavy (non-hydrogen) atoms. The van der Waals surface area contributed by atoms with Crippen LogP contribution < -0.4 is 16.3 Å². The van der Waals surface area contributed by atoms with Gasteiger partial charge in [-0.15, -0.1) is 11.3 Å². The Hall–Kier alpha value is -3.18. The highest BCUT2D eigenvalue weighted by atomic mass is 32.2. The first kappa shape index (κ1) is 22.6. The Kier molecular flexibility index (Phi) is 5.68. The second-order valence-corrected chi connectivity index (χ2v) is 10.3. The molecule has 9 nitrogen and oxygen atoms in total. The Morgan fingerprint density at radius 2 is 2.00 bits per heavy atom. The van der Waals surface area contributed by atoms with Crippen LogP contribution in [0.3, 0.4) is 0 Å². The number of hydrazine groups is 1. The van der Waals surface area contributed by atoms with Crippen LogP contribution in [-0.2, 0) is 35.0 Å². The van der Waals surface area contributed by atoms with Crippen LogP contribution in [0.5, 0.6) is 0 Å². The number of thioether (sulfide) groups is 1. The molecule has 1 aromatic carbocycles. The number of fused-ring (bicyclic) bond motifs is 3. The van der Waals surface area contributed by atoms with Crippen LogP contribution in [0.2, 0.25) is 0 Å². The highest BCUT2D eigenvalue weighted by molar-refractivity contribution is 7.99. The Morgan fingerprint density at radius 1 is 1.24 bits per heavy atom. The van der Waals surface area contributed by atoms with E-state index in [-0.39, 0.29) is 11.3 Å². The first-order chi connectivity index (χ1) is 16.4. The Bertz CT molecular complexity index is 1380. The van der Waals surface area contributed by atoms with Gasteiger partial charge in [0.2, 0.25) is 5.91 Å². The van der Waals surface area contributed by atoms with Crippen molar-refractivity contribution < 1.29 is 14.4 Å². The smallest absolute Gasteiger partial charge is 0.318 e. The van der Waals surface area contributed by atoms with Gasteiger partial charge in [-0.2, -0.15) is 5.01 Å². The minimum atomic E-state index is -1.23. The highest BCUT2D eigenvalue weighted by Crippen LogP contribution is 2.35. The third-order valence-corrected chi connectivity index (χ3v) is 8.58. The molecule has 5 rings (SSSR count). The minimum absolute atomic E-state index is 0.113. The summed E-state index contributed by atoms with van der Waals surface area (Å²) < 4.78 is 1.46. The number of carbonyl (C=O) groups excluding carboxylic acids is 3. The maximum absolute atomic E-state index is 13.2. The van der Waals surface area contributed by atoms with Gasteiger partial charge in [-0.25, -0.2) is 9.78 Å². The molecule has 0 saturated carbocycles. The molecule has 0 spiro atoms. The number of hydrogen-bond donors (Lipinski definition) is 2. The van der Waals surface area contributed by atoms with Gasteiger partial charge in [0.15, 0.2) is 5.16 Å². The van der Waals surface area contributed by atoms with Gasteiger partial charge >= 0.3 is 6.03 Å². The molecule has 2 aromatic heterocycles. The van der Waals surface area contributed by atoms with Crippen molar-refractivity contribution in [2.45, 2.75) is 43.3 Å². The number of carbonyl (C=O) groups is 3. The highest BCUT2D eigenvalue weighted by Gasteiger charge is 2.52. The summed E-state index contributed by atoms with van der Waals surface area (Å²) in [6.07, 6.45) is 3.26. The number of hydrogen-bond acceptors (Lipinski definition) is 7. The van der Waals surface area contributed by atoms with Crippen LogP contribution in [0.4, 0.5) is 4.79 Å². The average molecular weight is 498 g/mol. The zero-order valence-electron chi connectivity index (χ0n) is 18.7. The van der Waals surface area contributed by atoms with E-state index in [0.717, 1.165) is 41.6 Å². The largest absolute Gasteiger partial charge is 0.344 e. The number of benzene rings is 1. The van der Waals surface area contributed by atoms with Gasteiger partial charge in [0.25, 0.3) is 11.5 Å². The van der Waals surface area contributed by atoms with E-state index in [0.29, 0.717) is 27.4 Å². The molecule has 1 saturated heterocycles. The van der Waals surface area contributed by atoms with Crippen LogP contribution in [0.25, 0.3) is 10.2 Å². The Morgan fingerprint density at radius 3 is 2.74 bits per heavy atom. The van der Waals surface area contributed by atoms with Crippen LogP contribution in [0.1, 0.15) is 35.8 Å². The molecule has 1 atom stereocenters. The van der Waals surface area contributed by atoms with Gasteiger partial charge in [-0.1, -0.05) is 49.0 Å². The van der Waals surface area contributed by atoms with Crippen molar-refractivity contribution in [3.05, 3.63) is 56.7 Å². The fourth-order valence-corrected chi connectivity index (χ4v) is 6.63. The fraction of sp³-hybridized carbons (Fsp3) is 0.348. The number of nitrogens with one attached hydrogen (secondary N) is 2. The van der Waals surface area contributed by atoms with Gasteiger partial charge in [0, 0.05) is 11.9 Å². The number of amides is 4. The second kappa shape index (κ2) is 8.55. The molecule has 1 unspecified atom stereocenters. The molecule has 11 heteroatoms. The Balaban J connectivity index is 1.31. The lowest BCUT2D eigenvalue weighted by atomic mass is 9.87. The summed E-state index contributed by atoms with van der Waals surface area (Å²) in [6, 6.07) is 8.26. The summed E-state index contributed by atoms with van der Waals surface area (Å²) in [7, 11) is 1.64. The minimum Gasteiger partial charge on any atom is -0.318 e. The number of aromatic nitrogens is 2. The van der Waals surface area contributed by atoms with Crippen LogP contribution >= 0.6 is 23.1 Å². The molecule has 2 aliphatic rings. The lowest BCUT2D eigenvalue weighted by Crippen LogP contribution is -2.49. The van der Waals surface area contributed by atoms with E-state index in [9.17, 15) is 19.2 Å². The molecule has 2 N–H and O–H groups in total. The van der Waals surface area contributed by atoms with Gasteiger partial charge < -0.3 is 5.32 Å². The van der Waals surface area contributed by atoms with Crippen molar-refractivity contribution in [3.63, 3.8) is 0 Å². The monoisotopic (exact) mass is 497 g/mol. The molecule has 0 bridgehead atoms. The maximum Gasteiger partial charge on any atom is 0.344 e. The Labute approximate surface area is 203 Å². The average Bonchev–Trinajstić information content (AvgIpc) is 3.49. The summed E-state index contributed by atoms with van der Waals surface area (Å²) in [5.41, 5.74) is 2.83. The number of nitrogens with zero attached hydrogens (tertiary/aromatic N) is 3. The third-order valence-electron chi connectivity index (χ3n) is 6.36. The zero-order valence-corrected chi connectivity index (χ0v) is 20.3. The molecule has 176 valence electrons. The predicted molar refractivity (Wildman–Crippen MR) is 130 cm³/mol. The maximum atomic E-state index is 13.2. The molecule has 1 aliphatic carbocycles. The van der Waals surface area contributed by atoms with Gasteiger partial charge in [0.1, 0.15) is 10.4 Å². The summed E-state index contributed by atoms with van der Waals surface area (Å²) >= 11 is 2.63. The molecule has 4 amide bonds.